The van der Waals surface area contributed by atoms with Crippen molar-refractivity contribution in [3.63, 3.8) is 0 Å². The second-order valence-electron chi connectivity index (χ2n) is 6.97. The fourth-order valence-corrected chi connectivity index (χ4v) is 2.89. The number of hydrogen-bond donors (Lipinski definition) is 2. The maximum Gasteiger partial charge on any atom is 0.244 e. The molecule has 5 heteroatoms. The molecule has 0 aliphatic heterocycles. The van der Waals surface area contributed by atoms with E-state index >= 15 is 0 Å². The van der Waals surface area contributed by atoms with Gasteiger partial charge in [0.25, 0.3) is 0 Å². The summed E-state index contributed by atoms with van der Waals surface area (Å²) in [6, 6.07) is 17.3. The number of para-hydroxylation sites is 1. The van der Waals surface area contributed by atoms with E-state index < -0.39 is 0 Å². The van der Waals surface area contributed by atoms with E-state index in [-0.39, 0.29) is 17.7 Å². The lowest BCUT2D eigenvalue weighted by Gasteiger charge is -2.11. The van der Waals surface area contributed by atoms with Crippen molar-refractivity contribution in [2.24, 2.45) is 5.92 Å². The van der Waals surface area contributed by atoms with Gasteiger partial charge in [0.05, 0.1) is 5.52 Å². The highest BCUT2D eigenvalue weighted by Gasteiger charge is 2.10. The standard InChI is InChI=1S/C24H25N3O2/c1-3-17(2)24(29)27-21-11-4-7-18(15-21)16-26-22(28)13-12-20-9-5-8-19-10-6-14-25-23(19)20/h4-15,17H,3,16H2,1-2H3,(H,26,28)(H,27,29)/b13-12+. The predicted octanol–water partition coefficient (Wildman–Crippen LogP) is 4.55. The molecule has 1 heterocycles. The molecule has 3 aromatic rings. The minimum absolute atomic E-state index is 0.000293. The third-order valence-corrected chi connectivity index (χ3v) is 4.80. The number of fused-ring (bicyclic) bond motifs is 1. The number of rotatable bonds is 7. The van der Waals surface area contributed by atoms with Crippen LogP contribution in [0.4, 0.5) is 5.69 Å². The molecule has 0 aliphatic rings. The SMILES string of the molecule is CCC(C)C(=O)Nc1cccc(CNC(=O)/C=C/c2cccc3cccnc23)c1. The molecule has 0 saturated heterocycles. The van der Waals surface area contributed by atoms with Crippen LogP contribution in [-0.4, -0.2) is 16.8 Å². The van der Waals surface area contributed by atoms with Crippen molar-refractivity contribution in [2.75, 3.05) is 5.32 Å². The van der Waals surface area contributed by atoms with Crippen molar-refractivity contribution < 1.29 is 9.59 Å². The summed E-state index contributed by atoms with van der Waals surface area (Å²) in [6.45, 7) is 4.26. The summed E-state index contributed by atoms with van der Waals surface area (Å²) in [6.07, 6.45) is 5.82. The van der Waals surface area contributed by atoms with E-state index in [0.717, 1.165) is 34.1 Å². The van der Waals surface area contributed by atoms with Crippen LogP contribution in [0.25, 0.3) is 17.0 Å². The smallest absolute Gasteiger partial charge is 0.244 e. The first-order valence-corrected chi connectivity index (χ1v) is 9.76. The highest BCUT2D eigenvalue weighted by molar-refractivity contribution is 5.95. The molecular formula is C24H25N3O2. The van der Waals surface area contributed by atoms with Crippen LogP contribution < -0.4 is 10.6 Å². The number of nitrogens with zero attached hydrogens (tertiary/aromatic N) is 1. The van der Waals surface area contributed by atoms with E-state index in [4.69, 9.17) is 0 Å². The molecule has 2 N–H and O–H groups in total. The van der Waals surface area contributed by atoms with Crippen LogP contribution in [0.3, 0.4) is 0 Å². The quantitative estimate of drug-likeness (QED) is 0.584. The first-order valence-electron chi connectivity index (χ1n) is 9.76. The number of pyridine rings is 1. The summed E-state index contributed by atoms with van der Waals surface area (Å²) >= 11 is 0. The lowest BCUT2D eigenvalue weighted by Crippen LogP contribution is -2.21. The number of hydrogen-bond acceptors (Lipinski definition) is 3. The largest absolute Gasteiger partial charge is 0.348 e. The third-order valence-electron chi connectivity index (χ3n) is 4.80. The molecule has 2 aromatic carbocycles. The highest BCUT2D eigenvalue weighted by Crippen LogP contribution is 2.17. The van der Waals surface area contributed by atoms with E-state index in [2.05, 4.69) is 15.6 Å². The summed E-state index contributed by atoms with van der Waals surface area (Å²) in [5.41, 5.74) is 3.41. The molecule has 1 atom stereocenters. The normalized spacial score (nSPS) is 12.1. The van der Waals surface area contributed by atoms with Gasteiger partial charge in [0.2, 0.25) is 11.8 Å². The van der Waals surface area contributed by atoms with Gasteiger partial charge in [-0.05, 0) is 36.3 Å². The molecule has 0 fully saturated rings. The molecule has 0 aliphatic carbocycles. The minimum Gasteiger partial charge on any atom is -0.348 e. The molecule has 0 radical (unpaired) electrons. The van der Waals surface area contributed by atoms with Gasteiger partial charge in [0.1, 0.15) is 0 Å². The molecule has 5 nitrogen and oxygen atoms in total. The van der Waals surface area contributed by atoms with E-state index in [1.165, 1.54) is 6.08 Å². The summed E-state index contributed by atoms with van der Waals surface area (Å²) in [4.78, 5) is 28.7. The maximum atomic E-state index is 12.2. The Hall–Kier alpha value is -3.47. The van der Waals surface area contributed by atoms with Gasteiger partial charge in [0, 0.05) is 41.4 Å². The Kier molecular flexibility index (Phi) is 6.74. The van der Waals surface area contributed by atoms with Crippen LogP contribution >= 0.6 is 0 Å². The van der Waals surface area contributed by atoms with Gasteiger partial charge in [-0.3, -0.25) is 14.6 Å². The zero-order valence-corrected chi connectivity index (χ0v) is 16.7. The Labute approximate surface area is 170 Å². The Balaban J connectivity index is 1.60. The fourth-order valence-electron chi connectivity index (χ4n) is 2.89. The zero-order chi connectivity index (χ0) is 20.6. The number of carbonyl (C=O) groups excluding carboxylic acids is 2. The van der Waals surface area contributed by atoms with Gasteiger partial charge in [-0.1, -0.05) is 50.2 Å². The van der Waals surface area contributed by atoms with Gasteiger partial charge in [-0.15, -0.1) is 0 Å². The number of nitrogens with one attached hydrogen (secondary N) is 2. The molecule has 29 heavy (non-hydrogen) atoms. The number of anilines is 1. The van der Waals surface area contributed by atoms with Crippen molar-refractivity contribution in [2.45, 2.75) is 26.8 Å². The van der Waals surface area contributed by atoms with E-state index in [1.807, 2.05) is 68.4 Å². The van der Waals surface area contributed by atoms with Gasteiger partial charge < -0.3 is 10.6 Å². The van der Waals surface area contributed by atoms with E-state index in [9.17, 15) is 9.59 Å². The van der Waals surface area contributed by atoms with Crippen molar-refractivity contribution in [1.82, 2.24) is 10.3 Å². The predicted molar refractivity (Wildman–Crippen MR) is 117 cm³/mol. The average molecular weight is 387 g/mol. The molecular weight excluding hydrogens is 362 g/mol. The topological polar surface area (TPSA) is 71.1 Å². The highest BCUT2D eigenvalue weighted by atomic mass is 16.2. The van der Waals surface area contributed by atoms with Crippen LogP contribution in [0.15, 0.2) is 66.9 Å². The van der Waals surface area contributed by atoms with Crippen molar-refractivity contribution >= 4 is 34.5 Å². The molecule has 0 spiro atoms. The Morgan fingerprint density at radius 1 is 1.10 bits per heavy atom. The minimum atomic E-state index is -0.188. The summed E-state index contributed by atoms with van der Waals surface area (Å²) in [5, 5.41) is 6.82. The van der Waals surface area contributed by atoms with Crippen LogP contribution in [0, 0.1) is 5.92 Å². The van der Waals surface area contributed by atoms with Crippen molar-refractivity contribution in [3.05, 3.63) is 78.0 Å². The van der Waals surface area contributed by atoms with E-state index in [0.29, 0.717) is 6.54 Å². The van der Waals surface area contributed by atoms with Gasteiger partial charge in [-0.25, -0.2) is 0 Å². The first-order chi connectivity index (χ1) is 14.1. The first kappa shape index (κ1) is 20.3. The Morgan fingerprint density at radius 2 is 1.90 bits per heavy atom. The Morgan fingerprint density at radius 3 is 2.72 bits per heavy atom. The summed E-state index contributed by atoms with van der Waals surface area (Å²) < 4.78 is 0. The number of aromatic nitrogens is 1. The monoisotopic (exact) mass is 387 g/mol. The number of benzene rings is 2. The number of amides is 2. The van der Waals surface area contributed by atoms with Crippen LogP contribution in [0.2, 0.25) is 0 Å². The van der Waals surface area contributed by atoms with Gasteiger partial charge in [0.15, 0.2) is 0 Å². The molecule has 3 rings (SSSR count). The average Bonchev–Trinajstić information content (AvgIpc) is 2.75. The zero-order valence-electron chi connectivity index (χ0n) is 16.7. The Bertz CT molecular complexity index is 1040. The second kappa shape index (κ2) is 9.64. The summed E-state index contributed by atoms with van der Waals surface area (Å²) in [7, 11) is 0. The fraction of sp³-hybridized carbons (Fsp3) is 0.208. The maximum absolute atomic E-state index is 12.2. The summed E-state index contributed by atoms with van der Waals surface area (Å²) in [5.74, 6) is -0.223. The van der Waals surface area contributed by atoms with Crippen molar-refractivity contribution in [1.29, 1.82) is 0 Å². The third kappa shape index (κ3) is 5.51. The number of carbonyl (C=O) groups is 2. The molecule has 0 bridgehead atoms. The van der Waals surface area contributed by atoms with Crippen LogP contribution in [-0.2, 0) is 16.1 Å². The molecule has 148 valence electrons. The van der Waals surface area contributed by atoms with Gasteiger partial charge in [-0.2, -0.15) is 0 Å². The van der Waals surface area contributed by atoms with Crippen molar-refractivity contribution in [3.8, 4) is 0 Å². The molecule has 2 amide bonds. The van der Waals surface area contributed by atoms with E-state index in [1.54, 1.807) is 12.3 Å². The lowest BCUT2D eigenvalue weighted by atomic mass is 10.1. The van der Waals surface area contributed by atoms with Crippen LogP contribution in [0.5, 0.6) is 0 Å². The molecule has 1 aromatic heterocycles. The van der Waals surface area contributed by atoms with Gasteiger partial charge >= 0.3 is 0 Å². The van der Waals surface area contributed by atoms with Crippen LogP contribution in [0.1, 0.15) is 31.4 Å². The second-order valence-corrected chi connectivity index (χ2v) is 6.97. The lowest BCUT2D eigenvalue weighted by molar-refractivity contribution is -0.119. The molecule has 1 unspecified atom stereocenters. The molecule has 0 saturated carbocycles.